The Balaban J connectivity index is 1.73. The number of rotatable bonds is 4. The summed E-state index contributed by atoms with van der Waals surface area (Å²) in [4.78, 5) is 13.9. The molecule has 9 heteroatoms. The summed E-state index contributed by atoms with van der Waals surface area (Å²) < 4.78 is 1.88. The van der Waals surface area contributed by atoms with Gasteiger partial charge < -0.3 is 9.88 Å². The maximum atomic E-state index is 4.34. The van der Waals surface area contributed by atoms with Crippen molar-refractivity contribution in [3.05, 3.63) is 42.4 Å². The van der Waals surface area contributed by atoms with Crippen LogP contribution in [0.4, 0.5) is 10.9 Å². The van der Waals surface area contributed by atoms with E-state index in [0.717, 1.165) is 31.9 Å². The van der Waals surface area contributed by atoms with Crippen molar-refractivity contribution >= 4 is 45.0 Å². The topological polar surface area (TPSA) is 81.4 Å². The normalized spacial score (nSPS) is 11.0. The van der Waals surface area contributed by atoms with E-state index in [0.29, 0.717) is 0 Å². The highest BCUT2D eigenvalue weighted by molar-refractivity contribution is 7.99. The molecule has 3 aromatic heterocycles. The third kappa shape index (κ3) is 2.88. The number of aryl methyl sites for hydroxylation is 1. The molecule has 114 valence electrons. The number of fused-ring (bicyclic) bond motifs is 1. The second kappa shape index (κ2) is 5.94. The Bertz CT molecular complexity index is 949. The molecule has 0 aliphatic heterocycles. The van der Waals surface area contributed by atoms with Gasteiger partial charge in [-0.05, 0) is 30.0 Å². The first kappa shape index (κ1) is 14.1. The van der Waals surface area contributed by atoms with Crippen molar-refractivity contribution in [2.75, 3.05) is 5.32 Å². The van der Waals surface area contributed by atoms with E-state index in [-0.39, 0.29) is 0 Å². The highest BCUT2D eigenvalue weighted by Gasteiger charge is 2.09. The van der Waals surface area contributed by atoms with Gasteiger partial charge in [0.2, 0.25) is 0 Å². The van der Waals surface area contributed by atoms with Crippen LogP contribution in [0.15, 0.2) is 52.5 Å². The van der Waals surface area contributed by atoms with Crippen molar-refractivity contribution in [2.45, 2.75) is 10.1 Å². The first-order valence-corrected chi connectivity index (χ1v) is 8.42. The van der Waals surface area contributed by atoms with Crippen LogP contribution in [0.5, 0.6) is 0 Å². The Labute approximate surface area is 139 Å². The second-order valence-corrected chi connectivity index (χ2v) is 6.63. The fraction of sp³-hybridized carbons (Fsp3) is 0.0714. The molecule has 7 nitrogen and oxygen atoms in total. The van der Waals surface area contributed by atoms with Gasteiger partial charge in [0, 0.05) is 28.9 Å². The summed E-state index contributed by atoms with van der Waals surface area (Å²) in [6.07, 6.45) is 4.99. The molecule has 3 heterocycles. The Morgan fingerprint density at radius 3 is 2.96 bits per heavy atom. The summed E-state index contributed by atoms with van der Waals surface area (Å²) in [5.41, 5.74) is 0.876. The van der Waals surface area contributed by atoms with E-state index in [4.69, 9.17) is 0 Å². The fourth-order valence-corrected chi connectivity index (χ4v) is 3.39. The zero-order valence-electron chi connectivity index (χ0n) is 12.0. The summed E-state index contributed by atoms with van der Waals surface area (Å²) in [6.45, 7) is 0. The zero-order valence-corrected chi connectivity index (χ0v) is 13.7. The SMILES string of the molecule is Cn1cnnc1Sc1ccc2ncnc(Nc3nccs3)c2c1. The first-order chi connectivity index (χ1) is 11.3. The van der Waals surface area contributed by atoms with Crippen molar-refractivity contribution in [3.63, 3.8) is 0 Å². The molecule has 0 saturated carbocycles. The molecule has 0 fully saturated rings. The van der Waals surface area contributed by atoms with Crippen LogP contribution in [0.1, 0.15) is 0 Å². The van der Waals surface area contributed by atoms with E-state index in [1.54, 1.807) is 30.6 Å². The lowest BCUT2D eigenvalue weighted by molar-refractivity contribution is 0.788. The van der Waals surface area contributed by atoms with Crippen LogP contribution in [-0.4, -0.2) is 29.7 Å². The molecular formula is C14H11N7S2. The Morgan fingerprint density at radius 2 is 2.17 bits per heavy atom. The average molecular weight is 341 g/mol. The minimum atomic E-state index is 0.741. The van der Waals surface area contributed by atoms with Gasteiger partial charge in [-0.25, -0.2) is 15.0 Å². The van der Waals surface area contributed by atoms with Crippen LogP contribution < -0.4 is 5.32 Å². The van der Waals surface area contributed by atoms with Gasteiger partial charge in [0.05, 0.1) is 5.52 Å². The molecule has 0 bridgehead atoms. The molecule has 1 N–H and O–H groups in total. The summed E-state index contributed by atoms with van der Waals surface area (Å²) in [5, 5.41) is 15.7. The zero-order chi connectivity index (χ0) is 15.6. The molecule has 0 aliphatic carbocycles. The number of aromatic nitrogens is 6. The molecule has 0 amide bonds. The Morgan fingerprint density at radius 1 is 1.22 bits per heavy atom. The van der Waals surface area contributed by atoms with Crippen molar-refractivity contribution in [2.24, 2.45) is 7.05 Å². The van der Waals surface area contributed by atoms with Gasteiger partial charge in [-0.2, -0.15) is 0 Å². The van der Waals surface area contributed by atoms with Gasteiger partial charge >= 0.3 is 0 Å². The summed E-state index contributed by atoms with van der Waals surface area (Å²) >= 11 is 3.07. The van der Waals surface area contributed by atoms with Gasteiger partial charge in [0.1, 0.15) is 18.5 Å². The molecule has 0 aliphatic rings. The minimum Gasteiger partial charge on any atom is -0.316 e. The smallest absolute Gasteiger partial charge is 0.195 e. The van der Waals surface area contributed by atoms with Crippen LogP contribution >= 0.6 is 23.1 Å². The third-order valence-electron chi connectivity index (χ3n) is 3.14. The molecule has 23 heavy (non-hydrogen) atoms. The first-order valence-electron chi connectivity index (χ1n) is 6.73. The largest absolute Gasteiger partial charge is 0.316 e. The Kier molecular flexibility index (Phi) is 3.64. The van der Waals surface area contributed by atoms with Crippen LogP contribution in [0.2, 0.25) is 0 Å². The monoisotopic (exact) mass is 341 g/mol. The molecule has 0 atom stereocenters. The maximum absolute atomic E-state index is 4.34. The van der Waals surface area contributed by atoms with Gasteiger partial charge in [0.25, 0.3) is 0 Å². The van der Waals surface area contributed by atoms with Gasteiger partial charge in [-0.1, -0.05) is 0 Å². The Hall–Kier alpha value is -2.52. The van der Waals surface area contributed by atoms with Gasteiger partial charge in [-0.3, -0.25) is 0 Å². The quantitative estimate of drug-likeness (QED) is 0.611. The average Bonchev–Trinajstić information content (AvgIpc) is 3.21. The molecule has 1 aromatic carbocycles. The third-order valence-corrected chi connectivity index (χ3v) is 4.87. The second-order valence-electron chi connectivity index (χ2n) is 4.69. The van der Waals surface area contributed by atoms with E-state index in [9.17, 15) is 0 Å². The molecular weight excluding hydrogens is 330 g/mol. The van der Waals surface area contributed by atoms with E-state index < -0.39 is 0 Å². The van der Waals surface area contributed by atoms with Crippen molar-refractivity contribution < 1.29 is 0 Å². The predicted octanol–water partition coefficient (Wildman–Crippen LogP) is 3.11. The highest BCUT2D eigenvalue weighted by Crippen LogP contribution is 2.31. The molecule has 4 rings (SSSR count). The van der Waals surface area contributed by atoms with Crippen molar-refractivity contribution in [1.82, 2.24) is 29.7 Å². The number of thiazole rings is 1. The van der Waals surface area contributed by atoms with E-state index in [2.05, 4.69) is 30.5 Å². The molecule has 0 radical (unpaired) electrons. The lowest BCUT2D eigenvalue weighted by Gasteiger charge is -2.07. The van der Waals surface area contributed by atoms with Crippen molar-refractivity contribution in [1.29, 1.82) is 0 Å². The standard InChI is InChI=1S/C14H11N7S2/c1-21-8-18-20-14(21)23-9-2-3-11-10(6-9)12(17-7-16-11)19-13-15-4-5-22-13/h2-8H,1H3,(H,15,16,17,19). The lowest BCUT2D eigenvalue weighted by atomic mass is 10.2. The minimum absolute atomic E-state index is 0.741. The summed E-state index contributed by atoms with van der Waals surface area (Å²) in [6, 6.07) is 6.04. The highest BCUT2D eigenvalue weighted by atomic mass is 32.2. The lowest BCUT2D eigenvalue weighted by Crippen LogP contribution is -1.95. The van der Waals surface area contributed by atoms with Crippen molar-refractivity contribution in [3.8, 4) is 0 Å². The van der Waals surface area contributed by atoms with Crippen LogP contribution in [0.3, 0.4) is 0 Å². The van der Waals surface area contributed by atoms with Crippen LogP contribution in [-0.2, 0) is 7.05 Å². The van der Waals surface area contributed by atoms with E-state index in [1.807, 2.05) is 35.2 Å². The summed E-state index contributed by atoms with van der Waals surface area (Å²) in [5.74, 6) is 0.741. The van der Waals surface area contributed by atoms with Crippen LogP contribution in [0, 0.1) is 0 Å². The molecule has 0 saturated heterocycles. The number of hydrogen-bond acceptors (Lipinski definition) is 8. The number of anilines is 2. The number of benzene rings is 1. The van der Waals surface area contributed by atoms with Crippen LogP contribution in [0.25, 0.3) is 10.9 Å². The predicted molar refractivity (Wildman–Crippen MR) is 90.1 cm³/mol. The molecule has 0 unspecified atom stereocenters. The molecule has 0 spiro atoms. The van der Waals surface area contributed by atoms with E-state index >= 15 is 0 Å². The van der Waals surface area contributed by atoms with Gasteiger partial charge in [-0.15, -0.1) is 21.5 Å². The fourth-order valence-electron chi connectivity index (χ4n) is 2.06. The summed E-state index contributed by atoms with van der Waals surface area (Å²) in [7, 11) is 1.92. The molecule has 4 aromatic rings. The number of nitrogens with zero attached hydrogens (tertiary/aromatic N) is 6. The number of nitrogens with one attached hydrogen (secondary N) is 1. The number of hydrogen-bond donors (Lipinski definition) is 1. The maximum Gasteiger partial charge on any atom is 0.195 e. The van der Waals surface area contributed by atoms with E-state index in [1.165, 1.54) is 11.3 Å². The van der Waals surface area contributed by atoms with Gasteiger partial charge in [0.15, 0.2) is 10.3 Å².